The predicted molar refractivity (Wildman–Crippen MR) is 81.2 cm³/mol. The van der Waals surface area contributed by atoms with Gasteiger partial charge in [0.25, 0.3) is 0 Å². The van der Waals surface area contributed by atoms with Crippen molar-refractivity contribution < 1.29 is 18.3 Å². The molecule has 3 rings (SSSR count). The number of aromatic nitrogens is 1. The van der Waals surface area contributed by atoms with E-state index in [4.69, 9.17) is 0 Å². The molecule has 2 aliphatic rings. The molecule has 0 radical (unpaired) electrons. The van der Waals surface area contributed by atoms with E-state index in [-0.39, 0.29) is 6.10 Å². The molecule has 23 heavy (non-hydrogen) atoms. The van der Waals surface area contributed by atoms with Crippen LogP contribution in [-0.4, -0.2) is 53.8 Å². The van der Waals surface area contributed by atoms with Crippen molar-refractivity contribution in [2.24, 2.45) is 5.92 Å². The van der Waals surface area contributed by atoms with E-state index in [1.165, 1.54) is 12.3 Å². The number of aliphatic hydroxyl groups is 1. The Bertz CT molecular complexity index is 512. The number of likely N-dealkylation sites (tertiary alicyclic amines) is 1. The highest BCUT2D eigenvalue weighted by atomic mass is 19.4. The summed E-state index contributed by atoms with van der Waals surface area (Å²) in [7, 11) is 0. The van der Waals surface area contributed by atoms with Crippen LogP contribution in [-0.2, 0) is 6.18 Å². The molecule has 0 saturated carbocycles. The minimum absolute atomic E-state index is 0.162. The van der Waals surface area contributed by atoms with Gasteiger partial charge in [-0.15, -0.1) is 0 Å². The van der Waals surface area contributed by atoms with Gasteiger partial charge in [-0.2, -0.15) is 13.2 Å². The smallest absolute Gasteiger partial charge is 0.393 e. The molecule has 0 spiro atoms. The van der Waals surface area contributed by atoms with Crippen LogP contribution in [0.2, 0.25) is 0 Å². The molecule has 0 amide bonds. The van der Waals surface area contributed by atoms with Crippen LogP contribution >= 0.6 is 0 Å². The quantitative estimate of drug-likeness (QED) is 0.924. The third-order valence-electron chi connectivity index (χ3n) is 4.76. The number of rotatable bonds is 3. The standard InChI is InChI=1S/C16H22F3N3O/c17-16(18,19)15-2-1-13(9-20-15)22-8-3-12(11-22)10-21-6-4-14(23)5-7-21/h1-2,9,12,14,23H,3-8,10-11H2. The van der Waals surface area contributed by atoms with Crippen LogP contribution in [0.15, 0.2) is 18.3 Å². The van der Waals surface area contributed by atoms with Crippen LogP contribution in [0.3, 0.4) is 0 Å². The molecule has 0 bridgehead atoms. The summed E-state index contributed by atoms with van der Waals surface area (Å²) in [5.41, 5.74) is -0.0848. The summed E-state index contributed by atoms with van der Waals surface area (Å²) in [5, 5.41) is 9.54. The summed E-state index contributed by atoms with van der Waals surface area (Å²) in [6.07, 6.45) is -0.518. The van der Waals surface area contributed by atoms with E-state index in [1.54, 1.807) is 0 Å². The zero-order chi connectivity index (χ0) is 16.4. The van der Waals surface area contributed by atoms with Crippen molar-refractivity contribution in [3.05, 3.63) is 24.0 Å². The molecule has 2 saturated heterocycles. The van der Waals surface area contributed by atoms with Gasteiger partial charge in [-0.25, -0.2) is 4.98 Å². The zero-order valence-corrected chi connectivity index (χ0v) is 13.0. The fourth-order valence-electron chi connectivity index (χ4n) is 3.42. The highest BCUT2D eigenvalue weighted by Gasteiger charge is 2.33. The Balaban J connectivity index is 1.53. The lowest BCUT2D eigenvalue weighted by molar-refractivity contribution is -0.141. The maximum absolute atomic E-state index is 12.5. The summed E-state index contributed by atoms with van der Waals surface area (Å²) in [6.45, 7) is 4.57. The number of piperidine rings is 1. The Morgan fingerprint density at radius 1 is 1.13 bits per heavy atom. The van der Waals surface area contributed by atoms with E-state index in [1.807, 2.05) is 0 Å². The number of halogens is 3. The highest BCUT2D eigenvalue weighted by Crippen LogP contribution is 2.30. The maximum Gasteiger partial charge on any atom is 0.433 e. The lowest BCUT2D eigenvalue weighted by Gasteiger charge is -2.31. The first-order valence-electron chi connectivity index (χ1n) is 8.10. The average Bonchev–Trinajstić information content (AvgIpc) is 2.97. The Hall–Kier alpha value is -1.34. The number of hydrogen-bond acceptors (Lipinski definition) is 4. The number of nitrogens with zero attached hydrogens (tertiary/aromatic N) is 3. The Morgan fingerprint density at radius 3 is 2.48 bits per heavy atom. The van der Waals surface area contributed by atoms with Gasteiger partial charge in [0.1, 0.15) is 5.69 Å². The van der Waals surface area contributed by atoms with Crippen LogP contribution in [0.5, 0.6) is 0 Å². The summed E-state index contributed by atoms with van der Waals surface area (Å²) in [4.78, 5) is 8.03. The second-order valence-corrected chi connectivity index (χ2v) is 6.53. The van der Waals surface area contributed by atoms with Gasteiger partial charge in [0, 0.05) is 32.7 Å². The van der Waals surface area contributed by atoms with Gasteiger partial charge in [-0.3, -0.25) is 0 Å². The van der Waals surface area contributed by atoms with Crippen molar-refractivity contribution in [1.82, 2.24) is 9.88 Å². The number of aliphatic hydroxyl groups excluding tert-OH is 1. The summed E-state index contributed by atoms with van der Waals surface area (Å²) >= 11 is 0. The predicted octanol–water partition coefficient (Wildman–Crippen LogP) is 2.38. The molecule has 2 aliphatic heterocycles. The number of pyridine rings is 1. The van der Waals surface area contributed by atoms with Gasteiger partial charge < -0.3 is 14.9 Å². The van der Waals surface area contributed by atoms with Crippen molar-refractivity contribution in [3.63, 3.8) is 0 Å². The first kappa shape index (κ1) is 16.5. The number of alkyl halides is 3. The fraction of sp³-hybridized carbons (Fsp3) is 0.688. The normalized spacial score (nSPS) is 24.3. The highest BCUT2D eigenvalue weighted by molar-refractivity contribution is 5.45. The van der Waals surface area contributed by atoms with Crippen LogP contribution in [0.25, 0.3) is 0 Å². The van der Waals surface area contributed by atoms with Crippen LogP contribution in [0, 0.1) is 5.92 Å². The molecule has 128 valence electrons. The Morgan fingerprint density at radius 2 is 1.87 bits per heavy atom. The average molecular weight is 329 g/mol. The molecule has 2 fully saturated rings. The summed E-state index contributed by atoms with van der Waals surface area (Å²) in [5.74, 6) is 0.521. The first-order valence-corrected chi connectivity index (χ1v) is 8.10. The van der Waals surface area contributed by atoms with Crippen molar-refractivity contribution in [3.8, 4) is 0 Å². The molecule has 7 heteroatoms. The second kappa shape index (κ2) is 6.65. The zero-order valence-electron chi connectivity index (χ0n) is 13.0. The maximum atomic E-state index is 12.5. The Labute approximate surface area is 133 Å². The fourth-order valence-corrected chi connectivity index (χ4v) is 3.42. The second-order valence-electron chi connectivity index (χ2n) is 6.53. The minimum Gasteiger partial charge on any atom is -0.393 e. The number of hydrogen-bond donors (Lipinski definition) is 1. The van der Waals surface area contributed by atoms with E-state index in [0.717, 1.165) is 63.7 Å². The van der Waals surface area contributed by atoms with Crippen LogP contribution < -0.4 is 4.90 Å². The molecule has 1 aromatic rings. The van der Waals surface area contributed by atoms with E-state index < -0.39 is 11.9 Å². The molecule has 0 aliphatic carbocycles. The van der Waals surface area contributed by atoms with Gasteiger partial charge in [-0.1, -0.05) is 0 Å². The molecular formula is C16H22F3N3O. The van der Waals surface area contributed by atoms with E-state index in [9.17, 15) is 18.3 Å². The SMILES string of the molecule is OC1CCN(CC2CCN(c3ccc(C(F)(F)F)nc3)C2)CC1. The summed E-state index contributed by atoms with van der Waals surface area (Å²) in [6, 6.07) is 2.56. The van der Waals surface area contributed by atoms with Gasteiger partial charge >= 0.3 is 6.18 Å². The molecule has 1 aromatic heterocycles. The van der Waals surface area contributed by atoms with Crippen LogP contribution in [0.1, 0.15) is 25.0 Å². The minimum atomic E-state index is -4.38. The monoisotopic (exact) mass is 329 g/mol. The van der Waals surface area contributed by atoms with Crippen molar-refractivity contribution in [1.29, 1.82) is 0 Å². The van der Waals surface area contributed by atoms with E-state index >= 15 is 0 Å². The third kappa shape index (κ3) is 4.14. The molecule has 4 nitrogen and oxygen atoms in total. The molecule has 1 unspecified atom stereocenters. The van der Waals surface area contributed by atoms with Gasteiger partial charge in [0.2, 0.25) is 0 Å². The van der Waals surface area contributed by atoms with Gasteiger partial charge in [0.05, 0.1) is 18.0 Å². The molecule has 1 atom stereocenters. The van der Waals surface area contributed by atoms with Crippen LogP contribution in [0.4, 0.5) is 18.9 Å². The topological polar surface area (TPSA) is 39.6 Å². The van der Waals surface area contributed by atoms with Crippen molar-refractivity contribution in [2.75, 3.05) is 37.6 Å². The lowest BCUT2D eigenvalue weighted by Crippen LogP contribution is -2.39. The summed E-state index contributed by atoms with van der Waals surface area (Å²) < 4.78 is 37.6. The molecule has 0 aromatic carbocycles. The van der Waals surface area contributed by atoms with E-state index in [2.05, 4.69) is 14.8 Å². The Kier molecular flexibility index (Phi) is 4.77. The van der Waals surface area contributed by atoms with Crippen molar-refractivity contribution in [2.45, 2.75) is 31.5 Å². The third-order valence-corrected chi connectivity index (χ3v) is 4.76. The van der Waals surface area contributed by atoms with Gasteiger partial charge in [0.15, 0.2) is 0 Å². The first-order chi connectivity index (χ1) is 10.9. The van der Waals surface area contributed by atoms with Crippen molar-refractivity contribution >= 4 is 5.69 Å². The van der Waals surface area contributed by atoms with E-state index in [0.29, 0.717) is 5.92 Å². The molecular weight excluding hydrogens is 307 g/mol. The largest absolute Gasteiger partial charge is 0.433 e. The molecule has 1 N–H and O–H groups in total. The number of anilines is 1. The lowest BCUT2D eigenvalue weighted by atomic mass is 10.0. The molecule has 3 heterocycles. The van der Waals surface area contributed by atoms with Gasteiger partial charge in [-0.05, 0) is 37.3 Å².